The zero-order chi connectivity index (χ0) is 22.5. The number of para-hydroxylation sites is 1. The molecule has 33 heavy (non-hydrogen) atoms. The number of benzene rings is 1. The Bertz CT molecular complexity index is 1240. The molecule has 0 fully saturated rings. The van der Waals surface area contributed by atoms with Gasteiger partial charge in [0.25, 0.3) is 0 Å². The Morgan fingerprint density at radius 2 is 1.88 bits per heavy atom. The minimum Gasteiger partial charge on any atom is -0.357 e. The van der Waals surface area contributed by atoms with Gasteiger partial charge in [0.15, 0.2) is 5.96 Å². The lowest BCUT2D eigenvalue weighted by atomic mass is 10.2. The number of nitrogens with one attached hydrogen (secondary N) is 2. The first-order chi connectivity index (χ1) is 15.5. The van der Waals surface area contributed by atoms with Crippen molar-refractivity contribution in [1.29, 1.82) is 0 Å². The van der Waals surface area contributed by atoms with E-state index in [-0.39, 0.29) is 24.0 Å². The molecule has 0 amide bonds. The first-order valence-electron chi connectivity index (χ1n) is 11.1. The number of rotatable bonds is 7. The molecule has 0 unspecified atom stereocenters. The molecule has 4 aromatic rings. The number of imidazole rings is 1. The van der Waals surface area contributed by atoms with Gasteiger partial charge in [0.05, 0.1) is 23.6 Å². The summed E-state index contributed by atoms with van der Waals surface area (Å²) in [7, 11) is 0. The first-order valence-corrected chi connectivity index (χ1v) is 11.1. The van der Waals surface area contributed by atoms with Crippen LogP contribution in [0.25, 0.3) is 11.3 Å². The van der Waals surface area contributed by atoms with Crippen LogP contribution in [-0.4, -0.2) is 38.2 Å². The molecule has 0 aliphatic carbocycles. The van der Waals surface area contributed by atoms with Gasteiger partial charge in [0, 0.05) is 37.6 Å². The molecule has 0 aliphatic heterocycles. The average molecular weight is 557 g/mol. The molecule has 7 nitrogen and oxygen atoms in total. The van der Waals surface area contributed by atoms with Gasteiger partial charge < -0.3 is 15.0 Å². The Morgan fingerprint density at radius 3 is 2.61 bits per heavy atom. The molecular weight excluding hydrogens is 525 g/mol. The summed E-state index contributed by atoms with van der Waals surface area (Å²) >= 11 is 0. The van der Waals surface area contributed by atoms with Crippen LogP contribution in [0, 0.1) is 20.8 Å². The quantitative estimate of drug-likeness (QED) is 0.201. The fourth-order valence-electron chi connectivity index (χ4n) is 3.86. The van der Waals surface area contributed by atoms with Crippen molar-refractivity contribution in [2.24, 2.45) is 4.99 Å². The van der Waals surface area contributed by atoms with E-state index in [4.69, 9.17) is 9.98 Å². The van der Waals surface area contributed by atoms with E-state index in [0.29, 0.717) is 6.54 Å². The highest BCUT2D eigenvalue weighted by Gasteiger charge is 2.09. The summed E-state index contributed by atoms with van der Waals surface area (Å²) in [5.41, 5.74) is 7.60. The van der Waals surface area contributed by atoms with Gasteiger partial charge in [-0.15, -0.1) is 24.0 Å². The van der Waals surface area contributed by atoms with Crippen LogP contribution in [0.4, 0.5) is 0 Å². The van der Waals surface area contributed by atoms with Gasteiger partial charge in [-0.1, -0.05) is 24.3 Å². The third-order valence-corrected chi connectivity index (χ3v) is 5.38. The maximum absolute atomic E-state index is 4.82. The molecule has 0 saturated carbocycles. The topological polar surface area (TPSA) is 71.5 Å². The number of aromatic nitrogens is 4. The molecule has 0 aliphatic rings. The van der Waals surface area contributed by atoms with Gasteiger partial charge in [0.2, 0.25) is 0 Å². The Morgan fingerprint density at radius 1 is 1.06 bits per heavy atom. The SMILES string of the molecule is CCNC(=NCc1ccccc1-n1nc(C)cc1C)NCCc1cn2cccc(C)c2n1.I. The number of hydrogen-bond donors (Lipinski definition) is 2. The van der Waals surface area contributed by atoms with Crippen LogP contribution in [0.2, 0.25) is 0 Å². The molecular formula is C25H32IN7. The molecule has 8 heteroatoms. The van der Waals surface area contributed by atoms with E-state index in [1.807, 2.05) is 36.0 Å². The van der Waals surface area contributed by atoms with Crippen LogP contribution in [0.5, 0.6) is 0 Å². The summed E-state index contributed by atoms with van der Waals surface area (Å²) in [6, 6.07) is 14.5. The molecule has 3 aromatic heterocycles. The van der Waals surface area contributed by atoms with Crippen LogP contribution in [-0.2, 0) is 13.0 Å². The fourth-order valence-corrected chi connectivity index (χ4v) is 3.86. The number of guanidine groups is 1. The minimum atomic E-state index is 0. The van der Waals surface area contributed by atoms with Crippen molar-refractivity contribution in [2.45, 2.75) is 40.7 Å². The maximum atomic E-state index is 4.82. The Balaban J connectivity index is 0.00000306. The lowest BCUT2D eigenvalue weighted by Crippen LogP contribution is -2.38. The standard InChI is InChI=1S/C25H31N7.HI/c1-5-26-25(27-13-12-22-17-31-14-8-9-18(2)24(31)29-22)28-16-21-10-6-7-11-23(21)32-20(4)15-19(3)30-32;/h6-11,14-15,17H,5,12-13,16H2,1-4H3,(H2,26,27,28);1H. The van der Waals surface area contributed by atoms with Gasteiger partial charge in [-0.2, -0.15) is 5.10 Å². The lowest BCUT2D eigenvalue weighted by Gasteiger charge is -2.13. The molecule has 0 saturated heterocycles. The number of nitrogens with zero attached hydrogens (tertiary/aromatic N) is 5. The van der Waals surface area contributed by atoms with Crippen LogP contribution < -0.4 is 10.6 Å². The molecule has 0 radical (unpaired) electrons. The molecule has 0 atom stereocenters. The van der Waals surface area contributed by atoms with Crippen molar-refractivity contribution in [3.8, 4) is 5.69 Å². The van der Waals surface area contributed by atoms with Crippen LogP contribution in [0.15, 0.2) is 59.9 Å². The van der Waals surface area contributed by atoms with Crippen LogP contribution >= 0.6 is 24.0 Å². The zero-order valence-electron chi connectivity index (χ0n) is 19.7. The number of aryl methyl sites for hydroxylation is 3. The fraction of sp³-hybridized carbons (Fsp3) is 0.320. The molecule has 3 heterocycles. The number of pyridine rings is 1. The van der Waals surface area contributed by atoms with Crippen LogP contribution in [0.1, 0.15) is 35.1 Å². The van der Waals surface area contributed by atoms with Gasteiger partial charge in [-0.25, -0.2) is 14.7 Å². The largest absolute Gasteiger partial charge is 0.357 e. The second kappa shape index (κ2) is 11.3. The Labute approximate surface area is 212 Å². The molecule has 1 aromatic carbocycles. The van der Waals surface area contributed by atoms with Crippen molar-refractivity contribution in [2.75, 3.05) is 13.1 Å². The molecule has 0 spiro atoms. The zero-order valence-corrected chi connectivity index (χ0v) is 22.0. The van der Waals surface area contributed by atoms with Crippen molar-refractivity contribution in [3.05, 3.63) is 83.1 Å². The van der Waals surface area contributed by atoms with Gasteiger partial charge in [-0.05, 0) is 57.0 Å². The maximum Gasteiger partial charge on any atom is 0.191 e. The highest BCUT2D eigenvalue weighted by atomic mass is 127. The Hall–Kier alpha value is -2.88. The predicted molar refractivity (Wildman–Crippen MR) is 145 cm³/mol. The highest BCUT2D eigenvalue weighted by molar-refractivity contribution is 14.0. The number of halogens is 1. The van der Waals surface area contributed by atoms with E-state index in [2.05, 4.69) is 71.4 Å². The van der Waals surface area contributed by atoms with E-state index in [1.165, 1.54) is 5.56 Å². The third-order valence-electron chi connectivity index (χ3n) is 5.38. The van der Waals surface area contributed by atoms with Crippen molar-refractivity contribution >= 4 is 35.6 Å². The summed E-state index contributed by atoms with van der Waals surface area (Å²) in [6.07, 6.45) is 4.96. The normalized spacial score (nSPS) is 11.5. The van der Waals surface area contributed by atoms with Crippen molar-refractivity contribution in [3.63, 3.8) is 0 Å². The van der Waals surface area contributed by atoms with Gasteiger partial charge in [0.1, 0.15) is 5.65 Å². The van der Waals surface area contributed by atoms with Crippen LogP contribution in [0.3, 0.4) is 0 Å². The summed E-state index contributed by atoms with van der Waals surface area (Å²) in [5, 5.41) is 11.4. The monoisotopic (exact) mass is 557 g/mol. The molecule has 2 N–H and O–H groups in total. The van der Waals surface area contributed by atoms with Crippen molar-refractivity contribution < 1.29 is 0 Å². The van der Waals surface area contributed by atoms with E-state index >= 15 is 0 Å². The van der Waals surface area contributed by atoms with E-state index in [9.17, 15) is 0 Å². The van der Waals surface area contributed by atoms with E-state index < -0.39 is 0 Å². The molecule has 4 rings (SSSR count). The van der Waals surface area contributed by atoms with Crippen molar-refractivity contribution in [1.82, 2.24) is 29.8 Å². The Kier molecular flexibility index (Phi) is 8.49. The minimum absolute atomic E-state index is 0. The summed E-state index contributed by atoms with van der Waals surface area (Å²) in [5.74, 6) is 0.801. The summed E-state index contributed by atoms with van der Waals surface area (Å²) in [4.78, 5) is 9.58. The summed E-state index contributed by atoms with van der Waals surface area (Å²) in [6.45, 7) is 10.4. The average Bonchev–Trinajstić information content (AvgIpc) is 3.35. The van der Waals surface area contributed by atoms with E-state index in [0.717, 1.165) is 59.4 Å². The molecule has 0 bridgehead atoms. The van der Waals surface area contributed by atoms with Gasteiger partial charge in [-0.3, -0.25) is 0 Å². The number of hydrogen-bond acceptors (Lipinski definition) is 3. The highest BCUT2D eigenvalue weighted by Crippen LogP contribution is 2.18. The summed E-state index contributed by atoms with van der Waals surface area (Å²) < 4.78 is 4.08. The smallest absolute Gasteiger partial charge is 0.191 e. The second-order valence-electron chi connectivity index (χ2n) is 7.99. The van der Waals surface area contributed by atoms with Gasteiger partial charge >= 0.3 is 0 Å². The number of aliphatic imine (C=N–C) groups is 1. The molecule has 174 valence electrons. The third kappa shape index (κ3) is 5.93. The predicted octanol–water partition coefficient (Wildman–Crippen LogP) is 4.36. The number of fused-ring (bicyclic) bond motifs is 1. The van der Waals surface area contributed by atoms with E-state index in [1.54, 1.807) is 0 Å². The first kappa shape index (κ1) is 24.8. The second-order valence-corrected chi connectivity index (χ2v) is 7.99. The lowest BCUT2D eigenvalue weighted by molar-refractivity contribution is 0.785.